The van der Waals surface area contributed by atoms with E-state index in [0.717, 1.165) is 64.2 Å². The Hall–Kier alpha value is -1.70. The van der Waals surface area contributed by atoms with Crippen LogP contribution in [0.2, 0.25) is 0 Å². The lowest BCUT2D eigenvalue weighted by Gasteiger charge is -2.23. The van der Waals surface area contributed by atoms with Gasteiger partial charge < -0.3 is 8.85 Å². The molecule has 0 spiro atoms. The second kappa shape index (κ2) is 34.6. The molecule has 7 heteroatoms. The average Bonchev–Trinajstić information content (AvgIpc) is 3.04. The molecule has 0 aliphatic carbocycles. The van der Waals surface area contributed by atoms with Crippen LogP contribution in [0.4, 0.5) is 0 Å². The fourth-order valence-electron chi connectivity index (χ4n) is 5.39. The zero-order valence-electron chi connectivity index (χ0n) is 30.3. The first kappa shape index (κ1) is 44.3. The lowest BCUT2D eigenvalue weighted by Crippen LogP contribution is -2.47. The fraction of sp³-hybridized carbons (Fsp3) is 0.795. The van der Waals surface area contributed by atoms with Crippen LogP contribution < -0.4 is 0 Å². The zero-order chi connectivity index (χ0) is 33.8. The van der Waals surface area contributed by atoms with Crippen LogP contribution in [0.25, 0.3) is 0 Å². The smallest absolute Gasteiger partial charge is 0.460 e. The first-order chi connectivity index (χ1) is 22.5. The zero-order valence-corrected chi connectivity index (χ0v) is 31.3. The molecule has 0 atom stereocenters. The number of unbranched alkanes of at least 4 members (excludes halogenated alkanes) is 22. The van der Waals surface area contributed by atoms with E-state index >= 15 is 0 Å². The van der Waals surface area contributed by atoms with Crippen LogP contribution in [0.15, 0.2) is 36.6 Å². The molecule has 0 fully saturated rings. The first-order valence-corrected chi connectivity index (χ1v) is 20.9. The van der Waals surface area contributed by atoms with Crippen LogP contribution >= 0.6 is 0 Å². The van der Waals surface area contributed by atoms with Gasteiger partial charge in [-0.25, -0.2) is 4.89 Å². The highest BCUT2D eigenvalue weighted by molar-refractivity contribution is 6.69. The number of carbonyl (C=O) groups is 2. The Kier molecular flexibility index (Phi) is 33.3. The van der Waals surface area contributed by atoms with E-state index in [4.69, 9.17) is 18.3 Å². The highest BCUT2D eigenvalue weighted by Gasteiger charge is 2.48. The maximum atomic E-state index is 12.5. The Labute approximate surface area is 285 Å². The van der Waals surface area contributed by atoms with E-state index in [1.807, 2.05) is 0 Å². The molecular weight excluding hydrogens is 593 g/mol. The van der Waals surface area contributed by atoms with Crippen LogP contribution in [-0.4, -0.2) is 27.9 Å². The molecule has 0 aromatic carbocycles. The van der Waals surface area contributed by atoms with Crippen molar-refractivity contribution in [2.75, 3.05) is 7.11 Å². The molecule has 0 amide bonds. The van der Waals surface area contributed by atoms with Crippen LogP contribution in [-0.2, 0) is 27.9 Å². The van der Waals surface area contributed by atoms with Gasteiger partial charge in [-0.05, 0) is 64.2 Å². The molecule has 0 rings (SSSR count). The summed E-state index contributed by atoms with van der Waals surface area (Å²) in [4.78, 5) is 29.9. The molecule has 0 aromatic rings. The molecule has 6 nitrogen and oxygen atoms in total. The summed E-state index contributed by atoms with van der Waals surface area (Å²) in [6, 6.07) is 0. The molecule has 0 aliphatic heterocycles. The minimum absolute atomic E-state index is 0.250. The highest BCUT2D eigenvalue weighted by atomic mass is 28.4. The maximum Gasteiger partial charge on any atom is 0.692 e. The molecule has 0 saturated heterocycles. The highest BCUT2D eigenvalue weighted by Crippen LogP contribution is 2.18. The van der Waals surface area contributed by atoms with Gasteiger partial charge in [0, 0.05) is 18.5 Å². The van der Waals surface area contributed by atoms with Crippen molar-refractivity contribution in [3.8, 4) is 0 Å². The Morgan fingerprint density at radius 1 is 0.500 bits per heavy atom. The third kappa shape index (κ3) is 29.7. The van der Waals surface area contributed by atoms with Crippen molar-refractivity contribution in [2.24, 2.45) is 0 Å². The van der Waals surface area contributed by atoms with Gasteiger partial charge in [-0.15, -0.1) is 0 Å². The summed E-state index contributed by atoms with van der Waals surface area (Å²) >= 11 is 0. The van der Waals surface area contributed by atoms with Gasteiger partial charge in [-0.3, -0.25) is 9.59 Å². The Balaban J connectivity index is 3.97. The average molecular weight is 665 g/mol. The number of hydrogen-bond acceptors (Lipinski definition) is 6. The summed E-state index contributed by atoms with van der Waals surface area (Å²) in [5.74, 6) is -0.898. The second-order valence-corrected chi connectivity index (χ2v) is 14.9. The standard InChI is InChI=1S/C39H72O6Si/c1-5-8-10-12-14-16-18-20-22-24-26-28-30-32-34-36-38(40)43-46(7-3,45-42-4)44-39(41)37-35-33-31-29-27-25-23-21-19-17-15-13-11-9-6-2/h7,20-23H,3,5-6,8-19,24-37H2,1-2,4H3. The van der Waals surface area contributed by atoms with Gasteiger partial charge in [-0.1, -0.05) is 147 Å². The number of carbonyl (C=O) groups excluding carboxylic acids is 2. The largest absolute Gasteiger partial charge is 0.692 e. The van der Waals surface area contributed by atoms with Gasteiger partial charge in [0.2, 0.25) is 0 Å². The van der Waals surface area contributed by atoms with Crippen LogP contribution in [0.5, 0.6) is 0 Å². The van der Waals surface area contributed by atoms with Gasteiger partial charge in [-0.2, -0.15) is 4.58 Å². The summed E-state index contributed by atoms with van der Waals surface area (Å²) < 4.78 is 16.2. The number of hydrogen-bond donors (Lipinski definition) is 0. The van der Waals surface area contributed by atoms with Gasteiger partial charge in [0.25, 0.3) is 11.9 Å². The normalized spacial score (nSPS) is 12.9. The van der Waals surface area contributed by atoms with Crippen molar-refractivity contribution >= 4 is 20.7 Å². The van der Waals surface area contributed by atoms with Crippen LogP contribution in [0.1, 0.15) is 194 Å². The van der Waals surface area contributed by atoms with Crippen molar-refractivity contribution < 1.29 is 27.9 Å². The van der Waals surface area contributed by atoms with Crippen molar-refractivity contribution in [1.29, 1.82) is 0 Å². The number of rotatable bonds is 35. The monoisotopic (exact) mass is 665 g/mol. The summed E-state index contributed by atoms with van der Waals surface area (Å²) in [6.07, 6.45) is 40.8. The summed E-state index contributed by atoms with van der Waals surface area (Å²) in [6.45, 7) is 8.22. The lowest BCUT2D eigenvalue weighted by molar-refractivity contribution is -0.224. The van der Waals surface area contributed by atoms with Crippen molar-refractivity contribution in [1.82, 2.24) is 0 Å². The van der Waals surface area contributed by atoms with E-state index < -0.39 is 20.7 Å². The first-order valence-electron chi connectivity index (χ1n) is 19.1. The summed E-state index contributed by atoms with van der Waals surface area (Å²) in [5.41, 5.74) is 1.28. The minimum Gasteiger partial charge on any atom is -0.460 e. The van der Waals surface area contributed by atoms with E-state index in [0.29, 0.717) is 0 Å². The second-order valence-electron chi connectivity index (χ2n) is 12.7. The molecule has 0 N–H and O–H groups in total. The van der Waals surface area contributed by atoms with E-state index in [9.17, 15) is 9.59 Å². The molecule has 0 aliphatic rings. The fourth-order valence-corrected chi connectivity index (χ4v) is 6.80. The van der Waals surface area contributed by atoms with Crippen LogP contribution in [0, 0.1) is 0 Å². The Morgan fingerprint density at radius 3 is 1.11 bits per heavy atom. The third-order valence-electron chi connectivity index (χ3n) is 8.25. The molecule has 0 unspecified atom stereocenters. The predicted molar refractivity (Wildman–Crippen MR) is 195 cm³/mol. The van der Waals surface area contributed by atoms with E-state index in [1.54, 1.807) is 0 Å². The van der Waals surface area contributed by atoms with E-state index in [-0.39, 0.29) is 12.8 Å². The van der Waals surface area contributed by atoms with Crippen molar-refractivity contribution in [2.45, 2.75) is 194 Å². The maximum absolute atomic E-state index is 12.5. The molecular formula is C39H72O6Si. The topological polar surface area (TPSA) is 71.1 Å². The SMILES string of the molecule is C=C[Si](OOC)(OC(=O)CCCCCCCC=CCCCCCCCC)OC(=O)CCCCCCCC=CCCCCCCCC. The van der Waals surface area contributed by atoms with Crippen molar-refractivity contribution in [3.05, 3.63) is 36.6 Å². The predicted octanol–water partition coefficient (Wildman–Crippen LogP) is 12.4. The Bertz CT molecular complexity index is 712. The van der Waals surface area contributed by atoms with E-state index in [1.165, 1.54) is 116 Å². The lowest BCUT2D eigenvalue weighted by atomic mass is 10.1. The molecule has 0 radical (unpaired) electrons. The van der Waals surface area contributed by atoms with Gasteiger partial charge in [0.1, 0.15) is 0 Å². The summed E-state index contributed by atoms with van der Waals surface area (Å²) in [5, 5.41) is 0. The molecule has 268 valence electrons. The molecule has 0 aromatic heterocycles. The Morgan fingerprint density at radius 2 is 0.804 bits per heavy atom. The third-order valence-corrected chi connectivity index (χ3v) is 10.2. The molecule has 46 heavy (non-hydrogen) atoms. The minimum atomic E-state index is -3.79. The quantitative estimate of drug-likeness (QED) is 0.0221. The van der Waals surface area contributed by atoms with Crippen LogP contribution in [0.3, 0.4) is 0 Å². The van der Waals surface area contributed by atoms with Gasteiger partial charge in [0.15, 0.2) is 0 Å². The van der Waals surface area contributed by atoms with Gasteiger partial charge >= 0.3 is 8.80 Å². The molecule has 0 bridgehead atoms. The summed E-state index contributed by atoms with van der Waals surface area (Å²) in [7, 11) is -2.48. The van der Waals surface area contributed by atoms with Crippen molar-refractivity contribution in [3.63, 3.8) is 0 Å². The molecule has 0 heterocycles. The number of allylic oxidation sites excluding steroid dienone is 4. The molecule has 0 saturated carbocycles. The van der Waals surface area contributed by atoms with E-state index in [2.05, 4.69) is 44.7 Å². The van der Waals surface area contributed by atoms with Gasteiger partial charge in [0.05, 0.1) is 7.11 Å².